The first-order valence-corrected chi connectivity index (χ1v) is 14.7. The van der Waals surface area contributed by atoms with E-state index in [0.29, 0.717) is 40.3 Å². The van der Waals surface area contributed by atoms with Crippen LogP contribution in [0.1, 0.15) is 51.0 Å². The molecule has 1 aliphatic rings. The number of esters is 2. The molecule has 2 N–H and O–H groups in total. The smallest absolute Gasteiger partial charge is 0.336 e. The number of hydrogen-bond donors (Lipinski definition) is 2. The molecule has 11 nitrogen and oxygen atoms in total. The predicted octanol–water partition coefficient (Wildman–Crippen LogP) is 6.88. The van der Waals surface area contributed by atoms with Gasteiger partial charge in [-0.15, -0.1) is 5.10 Å². The van der Waals surface area contributed by atoms with Crippen molar-refractivity contribution in [2.75, 3.05) is 20.3 Å². The fourth-order valence-electron chi connectivity index (χ4n) is 5.02. The van der Waals surface area contributed by atoms with Crippen LogP contribution >= 0.6 is 23.2 Å². The number of aromatic amines is 1. The third-order valence-electron chi connectivity index (χ3n) is 7.14. The Kier molecular flexibility index (Phi) is 11.0. The van der Waals surface area contributed by atoms with Gasteiger partial charge in [-0.25, -0.2) is 9.59 Å². The average molecular weight is 644 g/mol. The molecule has 1 aliphatic heterocycles. The fourth-order valence-corrected chi connectivity index (χ4v) is 5.32. The molecule has 2 aromatic carbocycles. The molecule has 0 bridgehead atoms. The lowest BCUT2D eigenvalue weighted by Crippen LogP contribution is -2.32. The van der Waals surface area contributed by atoms with Crippen LogP contribution in [0.2, 0.25) is 10.0 Å². The molecular formula is C31H32Cl2N4O7. The fraction of sp³-hybridized carbons (Fsp3) is 0.323. The second-order valence-electron chi connectivity index (χ2n) is 10.1. The van der Waals surface area contributed by atoms with Gasteiger partial charge in [0.15, 0.2) is 0 Å². The number of unbranched alkanes of at least 4 members (excludes halogenated alkanes) is 3. The molecule has 2 heterocycles. The summed E-state index contributed by atoms with van der Waals surface area (Å²) in [5.74, 6) is -1.92. The van der Waals surface area contributed by atoms with Crippen LogP contribution in [0.5, 0.6) is 5.88 Å². The highest BCUT2D eigenvalue weighted by Gasteiger charge is 2.40. The number of benzene rings is 2. The number of H-pyrrole nitrogens is 1. The quantitative estimate of drug-likeness (QED) is 0.0881. The molecule has 0 spiro atoms. The van der Waals surface area contributed by atoms with Gasteiger partial charge in [0.1, 0.15) is 0 Å². The minimum Gasteiger partial charge on any atom is -0.477 e. The molecule has 232 valence electrons. The number of nitrogens with one attached hydrogen (secondary N) is 2. The third kappa shape index (κ3) is 7.59. The summed E-state index contributed by atoms with van der Waals surface area (Å²) in [4.78, 5) is 37.4. The Morgan fingerprint density at radius 2 is 1.61 bits per heavy atom. The number of carbonyl (C=O) groups is 2. The molecule has 0 fully saturated rings. The summed E-state index contributed by atoms with van der Waals surface area (Å²) < 4.78 is 16.3. The number of ether oxygens (including phenoxy) is 3. The zero-order valence-electron chi connectivity index (χ0n) is 24.4. The van der Waals surface area contributed by atoms with Crippen molar-refractivity contribution in [2.45, 2.75) is 45.4 Å². The van der Waals surface area contributed by atoms with Gasteiger partial charge in [0.05, 0.1) is 58.1 Å². The molecule has 0 radical (unpaired) electrons. The topological polar surface area (TPSA) is 146 Å². The lowest BCUT2D eigenvalue weighted by molar-refractivity contribution is -0.385. The normalized spacial score (nSPS) is 14.7. The maximum atomic E-state index is 13.4. The van der Waals surface area contributed by atoms with Crippen molar-refractivity contribution in [2.24, 2.45) is 0 Å². The number of para-hydroxylation sites is 1. The van der Waals surface area contributed by atoms with Crippen LogP contribution in [-0.2, 0) is 19.1 Å². The van der Waals surface area contributed by atoms with E-state index < -0.39 is 22.8 Å². The lowest BCUT2D eigenvalue weighted by Gasteiger charge is -2.30. The minimum absolute atomic E-state index is 0.111. The van der Waals surface area contributed by atoms with Crippen molar-refractivity contribution < 1.29 is 28.7 Å². The number of aromatic nitrogens is 2. The minimum atomic E-state index is -1.03. The summed E-state index contributed by atoms with van der Waals surface area (Å²) in [5.41, 5.74) is 2.70. The molecule has 3 aromatic rings. The van der Waals surface area contributed by atoms with Gasteiger partial charge in [0, 0.05) is 34.7 Å². The van der Waals surface area contributed by atoms with E-state index in [9.17, 15) is 19.7 Å². The van der Waals surface area contributed by atoms with Gasteiger partial charge in [0.25, 0.3) is 5.69 Å². The van der Waals surface area contributed by atoms with Gasteiger partial charge in [-0.3, -0.25) is 15.2 Å². The number of rotatable bonds is 13. The van der Waals surface area contributed by atoms with Crippen molar-refractivity contribution >= 4 is 40.8 Å². The monoisotopic (exact) mass is 642 g/mol. The van der Waals surface area contributed by atoms with E-state index in [1.807, 2.05) is 6.07 Å². The highest BCUT2D eigenvalue weighted by molar-refractivity contribution is 6.42. The van der Waals surface area contributed by atoms with Gasteiger partial charge in [-0.05, 0) is 51.7 Å². The molecule has 4 rings (SSSR count). The lowest BCUT2D eigenvalue weighted by atomic mass is 9.79. The Hall–Kier alpha value is -4.35. The summed E-state index contributed by atoms with van der Waals surface area (Å²) in [5, 5.41) is 22.9. The van der Waals surface area contributed by atoms with Crippen LogP contribution in [0.15, 0.2) is 71.1 Å². The second kappa shape index (κ2) is 14.9. The molecule has 1 aromatic heterocycles. The van der Waals surface area contributed by atoms with Crippen LogP contribution in [-0.4, -0.2) is 47.4 Å². The Morgan fingerprint density at radius 3 is 2.30 bits per heavy atom. The Labute approximate surface area is 264 Å². The van der Waals surface area contributed by atoms with E-state index in [4.69, 9.17) is 37.4 Å². The van der Waals surface area contributed by atoms with Crippen LogP contribution in [0.25, 0.3) is 11.3 Å². The van der Waals surface area contributed by atoms with Gasteiger partial charge >= 0.3 is 11.9 Å². The van der Waals surface area contributed by atoms with Gasteiger partial charge < -0.3 is 19.5 Å². The van der Waals surface area contributed by atoms with Crippen LogP contribution in [0, 0.1) is 10.1 Å². The maximum Gasteiger partial charge on any atom is 0.336 e. The zero-order chi connectivity index (χ0) is 31.8. The number of allylic oxidation sites excluding steroid dienone is 2. The average Bonchev–Trinajstić information content (AvgIpc) is 3.48. The van der Waals surface area contributed by atoms with Crippen molar-refractivity contribution in [1.29, 1.82) is 0 Å². The number of dihydropyridines is 1. The number of methoxy groups -OCH3 is 1. The molecule has 44 heavy (non-hydrogen) atoms. The number of halogens is 2. The van der Waals surface area contributed by atoms with Crippen molar-refractivity contribution in [3.8, 4) is 17.1 Å². The van der Waals surface area contributed by atoms with Gasteiger partial charge in [-0.2, -0.15) is 0 Å². The Bertz CT molecular complexity index is 1620. The largest absolute Gasteiger partial charge is 0.477 e. The molecule has 0 saturated heterocycles. The highest BCUT2D eigenvalue weighted by Crippen LogP contribution is 2.42. The summed E-state index contributed by atoms with van der Waals surface area (Å²) in [6, 6.07) is 13.1. The molecule has 0 aliphatic carbocycles. The first-order valence-electron chi connectivity index (χ1n) is 13.9. The summed E-state index contributed by atoms with van der Waals surface area (Å²) >= 11 is 12.1. The first-order chi connectivity index (χ1) is 21.1. The van der Waals surface area contributed by atoms with Crippen molar-refractivity contribution in [1.82, 2.24) is 15.5 Å². The maximum absolute atomic E-state index is 13.4. The van der Waals surface area contributed by atoms with Crippen LogP contribution in [0.3, 0.4) is 0 Å². The number of nitro groups is 1. The summed E-state index contributed by atoms with van der Waals surface area (Å²) in [7, 11) is 1.22. The standard InChI is InChI=1S/C31H32Cl2N4O7/c1-18-27(30(38)42-3)29(21-10-6-7-11-25(21)37(40)41)28(19(2)34-18)31(39)44-15-9-5-4-8-14-43-26-17-24(35-36-26)20-12-13-22(32)23(33)16-20/h6-7,10-13,16-17,29,34H,4-5,8-9,14-15H2,1-3H3,(H,35,36). The molecule has 1 atom stereocenters. The van der Waals surface area contributed by atoms with E-state index in [-0.39, 0.29) is 29.0 Å². The van der Waals surface area contributed by atoms with Crippen LogP contribution < -0.4 is 10.1 Å². The number of carbonyl (C=O) groups excluding carboxylic acids is 2. The Balaban J connectivity index is 1.29. The molecule has 1 unspecified atom stereocenters. The van der Waals surface area contributed by atoms with E-state index in [1.54, 1.807) is 38.1 Å². The molecule has 0 amide bonds. The molecule has 13 heteroatoms. The first kappa shape index (κ1) is 32.6. The van der Waals surface area contributed by atoms with Gasteiger partial charge in [0.2, 0.25) is 5.88 Å². The molecular weight excluding hydrogens is 611 g/mol. The van der Waals surface area contributed by atoms with Gasteiger partial charge in [-0.1, -0.05) is 47.5 Å². The molecule has 0 saturated carbocycles. The zero-order valence-corrected chi connectivity index (χ0v) is 26.0. The van der Waals surface area contributed by atoms with E-state index in [1.165, 1.54) is 25.3 Å². The number of nitro benzene ring substituents is 1. The number of hydrogen-bond acceptors (Lipinski definition) is 9. The van der Waals surface area contributed by atoms with Crippen LogP contribution in [0.4, 0.5) is 5.69 Å². The highest BCUT2D eigenvalue weighted by atomic mass is 35.5. The number of nitrogens with zero attached hydrogens (tertiary/aromatic N) is 2. The SMILES string of the molecule is COC(=O)C1=C(C)NC(C)=C(C(=O)OCCCCCCOc2cc(-c3ccc(Cl)c(Cl)c3)[nH]n2)C1c1ccccc1[N+](=O)[O-]. The van der Waals surface area contributed by atoms with Crippen molar-refractivity contribution in [3.05, 3.63) is 96.8 Å². The summed E-state index contributed by atoms with van der Waals surface area (Å²) in [6.45, 7) is 3.93. The third-order valence-corrected chi connectivity index (χ3v) is 7.88. The van der Waals surface area contributed by atoms with E-state index in [2.05, 4.69) is 15.5 Å². The second-order valence-corrected chi connectivity index (χ2v) is 10.9. The van der Waals surface area contributed by atoms with E-state index >= 15 is 0 Å². The Morgan fingerprint density at radius 1 is 0.932 bits per heavy atom. The summed E-state index contributed by atoms with van der Waals surface area (Å²) in [6.07, 6.45) is 2.98. The van der Waals surface area contributed by atoms with Crippen molar-refractivity contribution in [3.63, 3.8) is 0 Å². The predicted molar refractivity (Wildman–Crippen MR) is 165 cm³/mol. The van der Waals surface area contributed by atoms with E-state index in [0.717, 1.165) is 30.5 Å².